The van der Waals surface area contributed by atoms with Gasteiger partial charge in [0.15, 0.2) is 0 Å². The summed E-state index contributed by atoms with van der Waals surface area (Å²) in [4.78, 5) is 0. The van der Waals surface area contributed by atoms with Crippen LogP contribution in [0, 0.1) is 5.92 Å². The second-order valence-electron chi connectivity index (χ2n) is 4.84. The molecule has 1 aliphatic heterocycles. The molecule has 0 amide bonds. The molecule has 0 aromatic carbocycles. The van der Waals surface area contributed by atoms with Crippen molar-refractivity contribution >= 4 is 10.0 Å². The molecule has 1 saturated heterocycles. The number of hydrogen-bond acceptors (Lipinski definition) is 3. The number of nitrogens with zero attached hydrogens (tertiary/aromatic N) is 1. The zero-order chi connectivity index (χ0) is 11.1. The first-order chi connectivity index (χ1) is 7.05. The van der Waals surface area contributed by atoms with E-state index < -0.39 is 10.0 Å². The molecule has 2 atom stereocenters. The number of rotatable bonds is 3. The van der Waals surface area contributed by atoms with Crippen LogP contribution in [-0.2, 0) is 10.0 Å². The molecule has 2 N–H and O–H groups in total. The number of piperidine rings is 1. The zero-order valence-electron chi connectivity index (χ0n) is 9.22. The minimum absolute atomic E-state index is 0.0866. The summed E-state index contributed by atoms with van der Waals surface area (Å²) in [6, 6.07) is 0.165. The molecular formula is C10H20N2O2S. The first-order valence-corrected chi connectivity index (χ1v) is 7.26. The highest BCUT2D eigenvalue weighted by Crippen LogP contribution is 2.35. The summed E-state index contributed by atoms with van der Waals surface area (Å²) in [6.45, 7) is 3.24. The Kier molecular flexibility index (Phi) is 3.05. The van der Waals surface area contributed by atoms with Crippen LogP contribution in [0.2, 0.25) is 0 Å². The Balaban J connectivity index is 2.11. The van der Waals surface area contributed by atoms with Crippen molar-refractivity contribution in [2.45, 2.75) is 43.9 Å². The summed E-state index contributed by atoms with van der Waals surface area (Å²) in [7, 11) is -3.00. The molecule has 0 aromatic rings. The van der Waals surface area contributed by atoms with Crippen LogP contribution >= 0.6 is 0 Å². The Bertz CT molecular complexity index is 324. The van der Waals surface area contributed by atoms with E-state index in [2.05, 4.69) is 0 Å². The second kappa shape index (κ2) is 4.03. The highest BCUT2D eigenvalue weighted by molar-refractivity contribution is 7.90. The molecule has 2 unspecified atom stereocenters. The molecule has 0 aromatic heterocycles. The van der Waals surface area contributed by atoms with Crippen molar-refractivity contribution in [1.82, 2.24) is 4.31 Å². The van der Waals surface area contributed by atoms with Crippen molar-refractivity contribution in [1.29, 1.82) is 0 Å². The van der Waals surface area contributed by atoms with Crippen LogP contribution in [0.1, 0.15) is 32.6 Å². The summed E-state index contributed by atoms with van der Waals surface area (Å²) in [5.41, 5.74) is 5.62. The van der Waals surface area contributed by atoms with E-state index >= 15 is 0 Å². The molecular weight excluding hydrogens is 212 g/mol. The fraction of sp³-hybridized carbons (Fsp3) is 1.00. The van der Waals surface area contributed by atoms with E-state index in [0.29, 0.717) is 19.0 Å². The van der Waals surface area contributed by atoms with Crippen LogP contribution in [0.5, 0.6) is 0 Å². The highest BCUT2D eigenvalue weighted by atomic mass is 32.2. The third-order valence-electron chi connectivity index (χ3n) is 3.53. The van der Waals surface area contributed by atoms with Crippen LogP contribution in [0.4, 0.5) is 0 Å². The standard InChI is InChI=1S/C10H20N2O2S/c1-8-2-3-9(6-11)7-12(8)15(13,14)10-4-5-10/h8-10H,2-7,11H2,1H3. The van der Waals surface area contributed by atoms with E-state index in [4.69, 9.17) is 5.73 Å². The minimum Gasteiger partial charge on any atom is -0.330 e. The molecule has 0 bridgehead atoms. The summed E-state index contributed by atoms with van der Waals surface area (Å²) in [5, 5.41) is -0.0866. The quantitative estimate of drug-likeness (QED) is 0.772. The SMILES string of the molecule is CC1CCC(CN)CN1S(=O)(=O)C1CC1. The van der Waals surface area contributed by atoms with Gasteiger partial charge in [-0.05, 0) is 45.1 Å². The molecule has 1 aliphatic carbocycles. The van der Waals surface area contributed by atoms with Gasteiger partial charge in [0, 0.05) is 12.6 Å². The maximum atomic E-state index is 12.1. The molecule has 1 heterocycles. The van der Waals surface area contributed by atoms with Crippen molar-refractivity contribution in [2.24, 2.45) is 11.7 Å². The van der Waals surface area contributed by atoms with Gasteiger partial charge in [-0.15, -0.1) is 0 Å². The molecule has 5 heteroatoms. The van der Waals surface area contributed by atoms with Crippen LogP contribution < -0.4 is 5.73 Å². The predicted octanol–water partition coefficient (Wildman–Crippen LogP) is 0.538. The lowest BCUT2D eigenvalue weighted by Crippen LogP contribution is -2.48. The summed E-state index contributed by atoms with van der Waals surface area (Å²) < 4.78 is 25.9. The lowest BCUT2D eigenvalue weighted by atomic mass is 9.96. The van der Waals surface area contributed by atoms with Gasteiger partial charge in [-0.3, -0.25) is 0 Å². The lowest BCUT2D eigenvalue weighted by Gasteiger charge is -2.36. The average molecular weight is 232 g/mol. The van der Waals surface area contributed by atoms with E-state index in [0.717, 1.165) is 25.7 Å². The number of hydrogen-bond donors (Lipinski definition) is 1. The topological polar surface area (TPSA) is 63.4 Å². The van der Waals surface area contributed by atoms with Gasteiger partial charge in [0.25, 0.3) is 0 Å². The van der Waals surface area contributed by atoms with Crippen LogP contribution in [0.15, 0.2) is 0 Å². The monoisotopic (exact) mass is 232 g/mol. The summed E-state index contributed by atoms with van der Waals surface area (Å²) in [6.07, 6.45) is 3.71. The first kappa shape index (κ1) is 11.4. The third kappa shape index (κ3) is 2.19. The van der Waals surface area contributed by atoms with Crippen LogP contribution in [-0.4, -0.2) is 37.1 Å². The molecule has 2 aliphatic rings. The van der Waals surface area contributed by atoms with Crippen molar-refractivity contribution in [3.63, 3.8) is 0 Å². The fourth-order valence-electron chi connectivity index (χ4n) is 2.25. The Morgan fingerprint density at radius 2 is 1.93 bits per heavy atom. The number of sulfonamides is 1. The Labute approximate surface area is 91.9 Å². The van der Waals surface area contributed by atoms with Crippen molar-refractivity contribution < 1.29 is 8.42 Å². The maximum absolute atomic E-state index is 12.1. The van der Waals surface area contributed by atoms with Gasteiger partial charge in [-0.1, -0.05) is 0 Å². The van der Waals surface area contributed by atoms with E-state index in [1.54, 1.807) is 4.31 Å². The van der Waals surface area contributed by atoms with Gasteiger partial charge in [0.2, 0.25) is 10.0 Å². The Morgan fingerprint density at radius 1 is 1.27 bits per heavy atom. The van der Waals surface area contributed by atoms with Crippen molar-refractivity contribution in [3.05, 3.63) is 0 Å². The van der Waals surface area contributed by atoms with E-state index in [9.17, 15) is 8.42 Å². The van der Waals surface area contributed by atoms with E-state index in [1.165, 1.54) is 0 Å². The normalized spacial score (nSPS) is 34.3. The molecule has 2 rings (SSSR count). The largest absolute Gasteiger partial charge is 0.330 e. The predicted molar refractivity (Wildman–Crippen MR) is 59.9 cm³/mol. The van der Waals surface area contributed by atoms with E-state index in [1.807, 2.05) is 6.92 Å². The van der Waals surface area contributed by atoms with Crippen LogP contribution in [0.3, 0.4) is 0 Å². The highest BCUT2D eigenvalue weighted by Gasteiger charge is 2.43. The number of nitrogens with two attached hydrogens (primary N) is 1. The fourth-order valence-corrected chi connectivity index (χ4v) is 4.39. The second-order valence-corrected chi connectivity index (χ2v) is 7.01. The Hall–Kier alpha value is -0.130. The van der Waals surface area contributed by atoms with Crippen molar-refractivity contribution in [3.8, 4) is 0 Å². The summed E-state index contributed by atoms with van der Waals surface area (Å²) >= 11 is 0. The lowest BCUT2D eigenvalue weighted by molar-refractivity contribution is 0.211. The van der Waals surface area contributed by atoms with Gasteiger partial charge >= 0.3 is 0 Å². The van der Waals surface area contributed by atoms with Crippen LogP contribution in [0.25, 0.3) is 0 Å². The first-order valence-electron chi connectivity index (χ1n) is 5.76. The van der Waals surface area contributed by atoms with Gasteiger partial charge in [0.05, 0.1) is 5.25 Å². The molecule has 2 fully saturated rings. The molecule has 0 radical (unpaired) electrons. The van der Waals surface area contributed by atoms with Gasteiger partial charge < -0.3 is 5.73 Å². The smallest absolute Gasteiger partial charge is 0.217 e. The molecule has 15 heavy (non-hydrogen) atoms. The molecule has 4 nitrogen and oxygen atoms in total. The molecule has 0 spiro atoms. The van der Waals surface area contributed by atoms with Gasteiger partial charge in [0.1, 0.15) is 0 Å². The van der Waals surface area contributed by atoms with Crippen molar-refractivity contribution in [2.75, 3.05) is 13.1 Å². The average Bonchev–Trinajstić information content (AvgIpc) is 3.01. The van der Waals surface area contributed by atoms with E-state index in [-0.39, 0.29) is 11.3 Å². The maximum Gasteiger partial charge on any atom is 0.217 e. The summed E-state index contributed by atoms with van der Waals surface area (Å²) in [5.74, 6) is 0.356. The van der Waals surface area contributed by atoms with Gasteiger partial charge in [-0.2, -0.15) is 4.31 Å². The third-order valence-corrected chi connectivity index (χ3v) is 6.00. The van der Waals surface area contributed by atoms with Gasteiger partial charge in [-0.25, -0.2) is 8.42 Å². The molecule has 1 saturated carbocycles. The minimum atomic E-state index is -3.00. The Morgan fingerprint density at radius 3 is 2.47 bits per heavy atom. The molecule has 88 valence electrons. The zero-order valence-corrected chi connectivity index (χ0v) is 10.0.